The number of amides is 1. The maximum Gasteiger partial charge on any atom is 0.224 e. The van der Waals surface area contributed by atoms with E-state index in [4.69, 9.17) is 5.73 Å². The number of hydrogen-bond acceptors (Lipinski definition) is 2. The van der Waals surface area contributed by atoms with E-state index in [0.717, 1.165) is 31.4 Å². The average Bonchev–Trinajstić information content (AvgIpc) is 2.61. The number of hydrogen-bond donors (Lipinski definition) is 1. The van der Waals surface area contributed by atoms with Gasteiger partial charge in [0.25, 0.3) is 0 Å². The van der Waals surface area contributed by atoms with Crippen LogP contribution in [-0.4, -0.2) is 31.4 Å². The fourth-order valence-electron chi connectivity index (χ4n) is 3.23. The Balaban J connectivity index is 2.12. The lowest BCUT2D eigenvalue weighted by molar-refractivity contribution is -0.119. The minimum absolute atomic E-state index is 0.204. The largest absolute Gasteiger partial charge is 0.369 e. The van der Waals surface area contributed by atoms with Crippen molar-refractivity contribution in [2.24, 2.45) is 5.73 Å². The van der Waals surface area contributed by atoms with E-state index in [9.17, 15) is 4.79 Å². The molecule has 2 aromatic rings. The molecule has 3 nitrogen and oxygen atoms in total. The van der Waals surface area contributed by atoms with E-state index in [1.54, 1.807) is 0 Å². The van der Waals surface area contributed by atoms with E-state index in [1.807, 2.05) is 18.2 Å². The SMILES string of the molecule is CC(c1ccccc1)c1cccc(C(CCCCN(C)C)C(N)=O)c1. The van der Waals surface area contributed by atoms with E-state index >= 15 is 0 Å². The Morgan fingerprint density at radius 1 is 0.960 bits per heavy atom. The van der Waals surface area contributed by atoms with Crippen LogP contribution in [0.15, 0.2) is 54.6 Å². The Morgan fingerprint density at radius 2 is 1.60 bits per heavy atom. The van der Waals surface area contributed by atoms with Gasteiger partial charge >= 0.3 is 0 Å². The molecule has 0 aliphatic rings. The molecule has 0 aliphatic carbocycles. The Bertz CT molecular complexity index is 667. The molecule has 0 aliphatic heterocycles. The highest BCUT2D eigenvalue weighted by atomic mass is 16.1. The Labute approximate surface area is 151 Å². The van der Waals surface area contributed by atoms with Gasteiger partial charge in [-0.2, -0.15) is 0 Å². The number of rotatable bonds is 9. The van der Waals surface area contributed by atoms with Crippen molar-refractivity contribution in [1.29, 1.82) is 0 Å². The van der Waals surface area contributed by atoms with Gasteiger partial charge in [-0.3, -0.25) is 4.79 Å². The zero-order valence-corrected chi connectivity index (χ0v) is 15.6. The molecule has 1 amide bonds. The average molecular weight is 338 g/mol. The van der Waals surface area contributed by atoms with Gasteiger partial charge in [0.2, 0.25) is 5.91 Å². The zero-order chi connectivity index (χ0) is 18.2. The molecule has 2 unspecified atom stereocenters. The summed E-state index contributed by atoms with van der Waals surface area (Å²) < 4.78 is 0. The molecule has 2 atom stereocenters. The first-order valence-corrected chi connectivity index (χ1v) is 9.08. The van der Waals surface area contributed by atoms with Crippen LogP contribution in [0.1, 0.15) is 54.7 Å². The minimum Gasteiger partial charge on any atom is -0.369 e. The lowest BCUT2D eigenvalue weighted by Gasteiger charge is -2.18. The van der Waals surface area contributed by atoms with E-state index in [2.05, 4.69) is 62.3 Å². The number of nitrogens with zero attached hydrogens (tertiary/aromatic N) is 1. The molecule has 2 aromatic carbocycles. The Hall–Kier alpha value is -2.13. The maximum atomic E-state index is 12.0. The molecule has 134 valence electrons. The highest BCUT2D eigenvalue weighted by molar-refractivity contribution is 5.81. The number of benzene rings is 2. The molecule has 3 heteroatoms. The first kappa shape index (κ1) is 19.2. The quantitative estimate of drug-likeness (QED) is 0.699. The standard InChI is InChI=1S/C22H30N2O/c1-17(18-10-5-4-6-11-18)19-12-9-13-20(16-19)21(22(23)25)14-7-8-15-24(2)3/h4-6,9-13,16-17,21H,7-8,14-15H2,1-3H3,(H2,23,25). The molecule has 25 heavy (non-hydrogen) atoms. The summed E-state index contributed by atoms with van der Waals surface area (Å²) in [4.78, 5) is 14.2. The lowest BCUT2D eigenvalue weighted by atomic mass is 9.87. The van der Waals surface area contributed by atoms with Crippen LogP contribution in [0.2, 0.25) is 0 Å². The predicted molar refractivity (Wildman–Crippen MR) is 105 cm³/mol. The van der Waals surface area contributed by atoms with Crippen LogP contribution >= 0.6 is 0 Å². The normalized spacial score (nSPS) is 13.6. The number of unbranched alkanes of at least 4 members (excludes halogenated alkanes) is 1. The van der Waals surface area contributed by atoms with Crippen LogP contribution in [0.3, 0.4) is 0 Å². The van der Waals surface area contributed by atoms with Crippen molar-refractivity contribution in [2.45, 2.75) is 38.0 Å². The molecule has 2 rings (SSSR count). The smallest absolute Gasteiger partial charge is 0.224 e. The topological polar surface area (TPSA) is 46.3 Å². The van der Waals surface area contributed by atoms with Gasteiger partial charge in [0.05, 0.1) is 5.92 Å². The summed E-state index contributed by atoms with van der Waals surface area (Å²) in [6.07, 6.45) is 2.90. The Kier molecular flexibility index (Phi) is 7.20. The van der Waals surface area contributed by atoms with E-state index in [-0.39, 0.29) is 11.8 Å². The van der Waals surface area contributed by atoms with Crippen molar-refractivity contribution in [2.75, 3.05) is 20.6 Å². The van der Waals surface area contributed by atoms with Gasteiger partial charge < -0.3 is 10.6 Å². The van der Waals surface area contributed by atoms with Crippen molar-refractivity contribution in [3.8, 4) is 0 Å². The van der Waals surface area contributed by atoms with Crippen molar-refractivity contribution in [1.82, 2.24) is 4.90 Å². The second kappa shape index (κ2) is 9.38. The fraction of sp³-hybridized carbons (Fsp3) is 0.409. The molecular weight excluding hydrogens is 308 g/mol. The summed E-state index contributed by atoms with van der Waals surface area (Å²) in [5.41, 5.74) is 9.24. The number of carbonyl (C=O) groups is 1. The molecule has 0 bridgehead atoms. The van der Waals surface area contributed by atoms with Gasteiger partial charge in [0.1, 0.15) is 0 Å². The van der Waals surface area contributed by atoms with Gasteiger partial charge in [-0.1, -0.05) is 67.9 Å². The number of carbonyl (C=O) groups excluding carboxylic acids is 1. The third kappa shape index (κ3) is 5.71. The van der Waals surface area contributed by atoms with Gasteiger partial charge in [-0.25, -0.2) is 0 Å². The highest BCUT2D eigenvalue weighted by Gasteiger charge is 2.19. The third-order valence-corrected chi connectivity index (χ3v) is 4.80. The second-order valence-electron chi connectivity index (χ2n) is 7.06. The van der Waals surface area contributed by atoms with E-state index < -0.39 is 0 Å². The van der Waals surface area contributed by atoms with Gasteiger partial charge in [0, 0.05) is 5.92 Å². The molecular formula is C22H30N2O. The van der Waals surface area contributed by atoms with Crippen molar-refractivity contribution >= 4 is 5.91 Å². The molecule has 0 fully saturated rings. The fourth-order valence-corrected chi connectivity index (χ4v) is 3.23. The van der Waals surface area contributed by atoms with Crippen LogP contribution in [0.4, 0.5) is 0 Å². The van der Waals surface area contributed by atoms with Crippen LogP contribution < -0.4 is 5.73 Å². The number of primary amides is 1. The molecule has 0 heterocycles. The first-order chi connectivity index (χ1) is 12.0. The monoisotopic (exact) mass is 338 g/mol. The lowest BCUT2D eigenvalue weighted by Crippen LogP contribution is -2.22. The summed E-state index contributed by atoms with van der Waals surface area (Å²) in [6, 6.07) is 18.8. The van der Waals surface area contributed by atoms with E-state index in [0.29, 0.717) is 5.92 Å². The molecule has 0 saturated heterocycles. The second-order valence-corrected chi connectivity index (χ2v) is 7.06. The van der Waals surface area contributed by atoms with Crippen molar-refractivity contribution in [3.63, 3.8) is 0 Å². The number of nitrogens with two attached hydrogens (primary N) is 1. The van der Waals surface area contributed by atoms with Crippen LogP contribution in [-0.2, 0) is 4.79 Å². The Morgan fingerprint density at radius 3 is 2.24 bits per heavy atom. The third-order valence-electron chi connectivity index (χ3n) is 4.80. The summed E-state index contributed by atoms with van der Waals surface area (Å²) in [6.45, 7) is 3.24. The summed E-state index contributed by atoms with van der Waals surface area (Å²) >= 11 is 0. The van der Waals surface area contributed by atoms with Gasteiger partial charge in [-0.15, -0.1) is 0 Å². The van der Waals surface area contributed by atoms with Gasteiger partial charge in [-0.05, 0) is 50.2 Å². The molecule has 2 N–H and O–H groups in total. The predicted octanol–water partition coefficient (Wildman–Crippen LogP) is 4.14. The molecule has 0 saturated carbocycles. The first-order valence-electron chi connectivity index (χ1n) is 9.08. The van der Waals surface area contributed by atoms with Crippen LogP contribution in [0.25, 0.3) is 0 Å². The molecule has 0 aromatic heterocycles. The molecule has 0 radical (unpaired) electrons. The maximum absolute atomic E-state index is 12.0. The highest BCUT2D eigenvalue weighted by Crippen LogP contribution is 2.28. The minimum atomic E-state index is -0.227. The summed E-state index contributed by atoms with van der Waals surface area (Å²) in [5.74, 6) is -0.136. The zero-order valence-electron chi connectivity index (χ0n) is 15.6. The van der Waals surface area contributed by atoms with Crippen LogP contribution in [0.5, 0.6) is 0 Å². The van der Waals surface area contributed by atoms with E-state index in [1.165, 1.54) is 11.1 Å². The van der Waals surface area contributed by atoms with Crippen LogP contribution in [0, 0.1) is 0 Å². The van der Waals surface area contributed by atoms with Crippen molar-refractivity contribution < 1.29 is 4.79 Å². The molecule has 0 spiro atoms. The summed E-state index contributed by atoms with van der Waals surface area (Å²) in [7, 11) is 4.14. The van der Waals surface area contributed by atoms with Crippen molar-refractivity contribution in [3.05, 3.63) is 71.3 Å². The van der Waals surface area contributed by atoms with Gasteiger partial charge in [0.15, 0.2) is 0 Å². The summed E-state index contributed by atoms with van der Waals surface area (Å²) in [5, 5.41) is 0.